The van der Waals surface area contributed by atoms with E-state index in [-0.39, 0.29) is 11.3 Å². The highest BCUT2D eigenvalue weighted by Gasteiger charge is 2.53. The first-order valence-corrected chi connectivity index (χ1v) is 11.9. The molecule has 1 aromatic heterocycles. The fourth-order valence-electron chi connectivity index (χ4n) is 5.87. The van der Waals surface area contributed by atoms with Crippen molar-refractivity contribution in [1.29, 1.82) is 5.26 Å². The Hall–Kier alpha value is -2.17. The van der Waals surface area contributed by atoms with Crippen molar-refractivity contribution in [3.05, 3.63) is 23.9 Å². The Morgan fingerprint density at radius 3 is 2.87 bits per heavy atom. The van der Waals surface area contributed by atoms with Gasteiger partial charge in [0.05, 0.1) is 30.3 Å². The lowest BCUT2D eigenvalue weighted by molar-refractivity contribution is -0.139. The number of ether oxygens (including phenoxy) is 1. The van der Waals surface area contributed by atoms with Crippen LogP contribution in [-0.4, -0.2) is 67.8 Å². The number of carbonyl (C=O) groups is 1. The lowest BCUT2D eigenvalue weighted by Crippen LogP contribution is -2.61. The number of hydrogen-bond acceptors (Lipinski definition) is 6. The number of anilines is 1. The highest BCUT2D eigenvalue weighted by atomic mass is 16.5. The first-order valence-electron chi connectivity index (χ1n) is 11.9. The molecule has 1 N–H and O–H groups in total. The van der Waals surface area contributed by atoms with Gasteiger partial charge in [-0.2, -0.15) is 5.26 Å². The molecule has 4 fully saturated rings. The van der Waals surface area contributed by atoms with Crippen molar-refractivity contribution in [2.45, 2.75) is 44.6 Å². The number of piperidine rings is 1. The average Bonchev–Trinajstić information content (AvgIpc) is 3.67. The molecule has 4 aliphatic rings. The molecule has 1 aromatic rings. The van der Waals surface area contributed by atoms with Gasteiger partial charge >= 0.3 is 0 Å². The van der Waals surface area contributed by atoms with Gasteiger partial charge < -0.3 is 15.0 Å². The fraction of sp³-hybridized carbons (Fsp3) is 0.708. The van der Waals surface area contributed by atoms with Crippen LogP contribution in [0.5, 0.6) is 0 Å². The molecule has 2 aliphatic carbocycles. The minimum atomic E-state index is -0.361. The number of nitriles is 1. The molecule has 0 radical (unpaired) electrons. The molecule has 2 aliphatic heterocycles. The van der Waals surface area contributed by atoms with E-state index in [4.69, 9.17) is 4.74 Å². The molecule has 31 heavy (non-hydrogen) atoms. The van der Waals surface area contributed by atoms with Gasteiger partial charge in [-0.3, -0.25) is 9.69 Å². The van der Waals surface area contributed by atoms with Gasteiger partial charge in [-0.25, -0.2) is 4.98 Å². The van der Waals surface area contributed by atoms with Crippen LogP contribution in [0, 0.1) is 28.6 Å². The van der Waals surface area contributed by atoms with Gasteiger partial charge in [-0.15, -0.1) is 0 Å². The van der Waals surface area contributed by atoms with Gasteiger partial charge in [0.25, 0.3) is 0 Å². The maximum absolute atomic E-state index is 13.6. The third-order valence-electron chi connectivity index (χ3n) is 7.94. The minimum absolute atomic E-state index is 0.242. The van der Waals surface area contributed by atoms with E-state index in [0.29, 0.717) is 30.0 Å². The number of aromatic nitrogens is 1. The fourth-order valence-corrected chi connectivity index (χ4v) is 5.87. The average molecular weight is 424 g/mol. The molecule has 2 saturated heterocycles. The topological polar surface area (TPSA) is 81.5 Å². The van der Waals surface area contributed by atoms with E-state index in [0.717, 1.165) is 70.9 Å². The van der Waals surface area contributed by atoms with Crippen LogP contribution in [0.1, 0.15) is 44.1 Å². The molecular weight excluding hydrogens is 390 g/mol. The normalized spacial score (nSPS) is 31.5. The molecular formula is C24H33N5O2. The van der Waals surface area contributed by atoms with Crippen molar-refractivity contribution in [2.75, 3.05) is 50.8 Å². The molecule has 0 spiro atoms. The third-order valence-corrected chi connectivity index (χ3v) is 7.94. The molecule has 7 nitrogen and oxygen atoms in total. The van der Waals surface area contributed by atoms with Crippen LogP contribution in [0.2, 0.25) is 0 Å². The molecule has 5 rings (SSSR count). The number of rotatable bonds is 5. The van der Waals surface area contributed by atoms with E-state index in [1.807, 2.05) is 6.07 Å². The smallest absolute Gasteiger partial charge is 0.228 e. The standard InChI is InChI=1S/C24H33N5O2/c25-15-19-4-7-26-22(13-19)29-8-5-20-14-21(28-9-11-31-12-10-28)3-6-24(20,17-29)23(30)27-16-18-1-2-18/h4,7,13,18,20-21H,1-3,5-6,8-12,14,16-17H2,(H,27,30)/t20-,21-,24-/m1/s1. The Bertz CT molecular complexity index is 845. The zero-order chi connectivity index (χ0) is 21.3. The summed E-state index contributed by atoms with van der Waals surface area (Å²) < 4.78 is 5.56. The Labute approximate surface area is 184 Å². The van der Waals surface area contributed by atoms with Gasteiger partial charge in [0.1, 0.15) is 5.82 Å². The van der Waals surface area contributed by atoms with Crippen LogP contribution in [0.15, 0.2) is 18.3 Å². The number of nitrogens with one attached hydrogen (secondary N) is 1. The van der Waals surface area contributed by atoms with Crippen molar-refractivity contribution in [3.8, 4) is 6.07 Å². The SMILES string of the molecule is N#Cc1ccnc(N2CC[C@@H]3C[C@H](N4CCOCC4)CC[C@@]3(C(=O)NCC3CC3)C2)c1. The Morgan fingerprint density at radius 2 is 2.10 bits per heavy atom. The molecule has 0 bridgehead atoms. The summed E-state index contributed by atoms with van der Waals surface area (Å²) in [4.78, 5) is 23.0. The van der Waals surface area contributed by atoms with Crippen LogP contribution in [0.3, 0.4) is 0 Å². The van der Waals surface area contributed by atoms with Crippen molar-refractivity contribution < 1.29 is 9.53 Å². The summed E-state index contributed by atoms with van der Waals surface area (Å²) in [7, 11) is 0. The molecule has 3 atom stereocenters. The highest BCUT2D eigenvalue weighted by Crippen LogP contribution is 2.48. The van der Waals surface area contributed by atoms with E-state index < -0.39 is 0 Å². The number of amides is 1. The third kappa shape index (κ3) is 4.28. The highest BCUT2D eigenvalue weighted by molar-refractivity contribution is 5.84. The number of carbonyl (C=O) groups excluding carboxylic acids is 1. The van der Waals surface area contributed by atoms with E-state index in [9.17, 15) is 10.1 Å². The summed E-state index contributed by atoms with van der Waals surface area (Å²) in [6.07, 6.45) is 8.26. The minimum Gasteiger partial charge on any atom is -0.379 e. The van der Waals surface area contributed by atoms with Crippen LogP contribution >= 0.6 is 0 Å². The first kappa shape index (κ1) is 20.7. The summed E-state index contributed by atoms with van der Waals surface area (Å²) in [6.45, 7) is 6.07. The second kappa shape index (κ2) is 8.76. The molecule has 7 heteroatoms. The molecule has 2 saturated carbocycles. The summed E-state index contributed by atoms with van der Waals surface area (Å²) in [6, 6.07) is 6.37. The second-order valence-corrected chi connectivity index (χ2v) is 9.81. The van der Waals surface area contributed by atoms with Crippen molar-refractivity contribution >= 4 is 11.7 Å². The summed E-state index contributed by atoms with van der Waals surface area (Å²) >= 11 is 0. The molecule has 1 amide bonds. The maximum Gasteiger partial charge on any atom is 0.228 e. The lowest BCUT2D eigenvalue weighted by atomic mass is 9.61. The zero-order valence-corrected chi connectivity index (χ0v) is 18.3. The quantitative estimate of drug-likeness (QED) is 0.782. The van der Waals surface area contributed by atoms with E-state index in [1.165, 1.54) is 12.8 Å². The van der Waals surface area contributed by atoms with E-state index >= 15 is 0 Å². The Morgan fingerprint density at radius 1 is 1.26 bits per heavy atom. The van der Waals surface area contributed by atoms with E-state index in [2.05, 4.69) is 26.2 Å². The van der Waals surface area contributed by atoms with E-state index in [1.54, 1.807) is 12.3 Å². The number of fused-ring (bicyclic) bond motifs is 1. The van der Waals surface area contributed by atoms with Gasteiger partial charge in [0, 0.05) is 45.0 Å². The number of hydrogen-bond donors (Lipinski definition) is 1. The molecule has 0 unspecified atom stereocenters. The van der Waals surface area contributed by atoms with Crippen molar-refractivity contribution in [3.63, 3.8) is 0 Å². The Kier molecular flexibility index (Phi) is 5.85. The number of pyridine rings is 1. The van der Waals surface area contributed by atoms with Crippen LogP contribution in [-0.2, 0) is 9.53 Å². The second-order valence-electron chi connectivity index (χ2n) is 9.81. The van der Waals surface area contributed by atoms with Crippen molar-refractivity contribution in [2.24, 2.45) is 17.3 Å². The first-order chi connectivity index (χ1) is 15.2. The predicted molar refractivity (Wildman–Crippen MR) is 117 cm³/mol. The van der Waals surface area contributed by atoms with Gasteiger partial charge in [-0.1, -0.05) is 0 Å². The number of morpholine rings is 1. The largest absolute Gasteiger partial charge is 0.379 e. The Balaban J connectivity index is 1.36. The lowest BCUT2D eigenvalue weighted by Gasteiger charge is -2.53. The number of nitrogens with zero attached hydrogens (tertiary/aromatic N) is 4. The van der Waals surface area contributed by atoms with Gasteiger partial charge in [0.15, 0.2) is 0 Å². The zero-order valence-electron chi connectivity index (χ0n) is 18.3. The van der Waals surface area contributed by atoms with Crippen LogP contribution < -0.4 is 10.2 Å². The van der Waals surface area contributed by atoms with Gasteiger partial charge in [-0.05, 0) is 62.5 Å². The molecule has 3 heterocycles. The summed E-state index contributed by atoms with van der Waals surface area (Å²) in [5.74, 6) is 2.13. The van der Waals surface area contributed by atoms with Gasteiger partial charge in [0.2, 0.25) is 5.91 Å². The summed E-state index contributed by atoms with van der Waals surface area (Å²) in [5, 5.41) is 12.6. The molecule has 166 valence electrons. The van der Waals surface area contributed by atoms with Crippen molar-refractivity contribution in [1.82, 2.24) is 15.2 Å². The molecule has 0 aromatic carbocycles. The maximum atomic E-state index is 13.6. The van der Waals surface area contributed by atoms with Crippen LogP contribution in [0.25, 0.3) is 0 Å². The summed E-state index contributed by atoms with van der Waals surface area (Å²) in [5.41, 5.74) is 0.260. The van der Waals surface area contributed by atoms with Crippen LogP contribution in [0.4, 0.5) is 5.82 Å². The monoisotopic (exact) mass is 423 g/mol. The predicted octanol–water partition coefficient (Wildman–Crippen LogP) is 2.18.